The van der Waals surface area contributed by atoms with Gasteiger partial charge in [0, 0.05) is 35.4 Å². The molecule has 0 aliphatic carbocycles. The Balaban J connectivity index is 1.21. The Morgan fingerprint density at radius 1 is 1.00 bits per heavy atom. The molecule has 1 aliphatic rings. The maximum absolute atomic E-state index is 3.66. The lowest BCUT2D eigenvalue weighted by Gasteiger charge is -2.24. The summed E-state index contributed by atoms with van der Waals surface area (Å²) in [6.07, 6.45) is 8.18. The monoisotopic (exact) mass is 362 g/mol. The minimum absolute atomic E-state index is 0.615. The second-order valence-electron chi connectivity index (χ2n) is 6.96. The van der Waals surface area contributed by atoms with Gasteiger partial charge in [-0.15, -0.1) is 0 Å². The molecule has 0 fully saturated rings. The van der Waals surface area contributed by atoms with Crippen molar-refractivity contribution in [3.05, 3.63) is 78.0 Å². The minimum atomic E-state index is 0.615. The van der Waals surface area contributed by atoms with Crippen molar-refractivity contribution in [2.45, 2.75) is 31.1 Å². The molecular formula is C23H26N2S. The normalized spacial score (nSPS) is 17.4. The van der Waals surface area contributed by atoms with Crippen LogP contribution in [-0.2, 0) is 5.75 Å². The molecule has 0 amide bonds. The number of thioether (sulfide) groups is 1. The summed E-state index contributed by atoms with van der Waals surface area (Å²) in [5.74, 6) is 2.32. The van der Waals surface area contributed by atoms with E-state index in [1.54, 1.807) is 0 Å². The van der Waals surface area contributed by atoms with E-state index >= 15 is 0 Å². The second kappa shape index (κ2) is 8.61. The molecular weight excluding hydrogens is 336 g/mol. The van der Waals surface area contributed by atoms with Gasteiger partial charge in [-0.1, -0.05) is 54.6 Å². The van der Waals surface area contributed by atoms with Gasteiger partial charge in [-0.3, -0.25) is 0 Å². The summed E-state index contributed by atoms with van der Waals surface area (Å²) in [5.41, 5.74) is 5.55. The van der Waals surface area contributed by atoms with E-state index in [1.807, 2.05) is 11.8 Å². The van der Waals surface area contributed by atoms with Crippen LogP contribution < -0.4 is 5.32 Å². The summed E-state index contributed by atoms with van der Waals surface area (Å²) in [5, 5.41) is 5.02. The molecule has 1 atom stereocenters. The van der Waals surface area contributed by atoms with Gasteiger partial charge >= 0.3 is 0 Å². The predicted octanol–water partition coefficient (Wildman–Crippen LogP) is 5.63. The molecule has 1 unspecified atom stereocenters. The number of fused-ring (bicyclic) bond motifs is 1. The number of aromatic amines is 1. The van der Waals surface area contributed by atoms with Crippen molar-refractivity contribution in [2.24, 2.45) is 0 Å². The zero-order chi connectivity index (χ0) is 17.6. The van der Waals surface area contributed by atoms with Crippen LogP contribution in [0.25, 0.3) is 16.5 Å². The van der Waals surface area contributed by atoms with Crippen LogP contribution in [0.1, 0.15) is 30.4 Å². The van der Waals surface area contributed by atoms with Gasteiger partial charge < -0.3 is 10.3 Å². The Labute approximate surface area is 160 Å². The van der Waals surface area contributed by atoms with Gasteiger partial charge in [-0.05, 0) is 47.8 Å². The number of H-pyrrole nitrogens is 1. The second-order valence-corrected chi connectivity index (χ2v) is 8.06. The Kier molecular flexibility index (Phi) is 5.78. The van der Waals surface area contributed by atoms with Crippen LogP contribution in [0.4, 0.5) is 0 Å². The number of rotatable bonds is 7. The third-order valence-electron chi connectivity index (χ3n) is 5.14. The molecule has 0 saturated heterocycles. The van der Waals surface area contributed by atoms with E-state index in [4.69, 9.17) is 0 Å². The van der Waals surface area contributed by atoms with Gasteiger partial charge in [0.15, 0.2) is 0 Å². The lowest BCUT2D eigenvalue weighted by atomic mass is 9.93. The summed E-state index contributed by atoms with van der Waals surface area (Å²) in [6.45, 7) is 0.997. The Bertz CT molecular complexity index is 866. The van der Waals surface area contributed by atoms with E-state index in [0.717, 1.165) is 18.7 Å². The van der Waals surface area contributed by atoms with Crippen molar-refractivity contribution in [3.8, 4) is 0 Å². The van der Waals surface area contributed by atoms with E-state index in [9.17, 15) is 0 Å². The van der Waals surface area contributed by atoms with Crippen LogP contribution in [0.15, 0.2) is 66.9 Å². The van der Waals surface area contributed by atoms with Crippen LogP contribution >= 0.6 is 11.8 Å². The number of hydrogen-bond donors (Lipinski definition) is 2. The van der Waals surface area contributed by atoms with E-state index in [2.05, 4.69) is 77.2 Å². The van der Waals surface area contributed by atoms with E-state index in [-0.39, 0.29) is 0 Å². The van der Waals surface area contributed by atoms with E-state index in [1.165, 1.54) is 46.2 Å². The van der Waals surface area contributed by atoms with Crippen LogP contribution in [-0.4, -0.2) is 23.3 Å². The molecule has 134 valence electrons. The molecule has 3 aromatic rings. The molecule has 2 aromatic carbocycles. The predicted molar refractivity (Wildman–Crippen MR) is 115 cm³/mol. The highest BCUT2D eigenvalue weighted by molar-refractivity contribution is 7.98. The zero-order valence-corrected chi connectivity index (χ0v) is 15.9. The summed E-state index contributed by atoms with van der Waals surface area (Å²) in [7, 11) is 0. The van der Waals surface area contributed by atoms with Gasteiger partial charge in [0.05, 0.1) is 0 Å². The number of aromatic nitrogens is 1. The molecule has 1 aliphatic heterocycles. The first-order valence-electron chi connectivity index (χ1n) is 9.51. The molecule has 3 heteroatoms. The zero-order valence-electron chi connectivity index (χ0n) is 15.1. The van der Waals surface area contributed by atoms with Crippen molar-refractivity contribution < 1.29 is 0 Å². The molecule has 0 spiro atoms. The molecule has 2 N–H and O–H groups in total. The van der Waals surface area contributed by atoms with Crippen LogP contribution in [0, 0.1) is 0 Å². The van der Waals surface area contributed by atoms with Crippen LogP contribution in [0.3, 0.4) is 0 Å². The van der Waals surface area contributed by atoms with Crippen molar-refractivity contribution in [1.82, 2.24) is 10.3 Å². The minimum Gasteiger partial charge on any atom is -0.361 e. The summed E-state index contributed by atoms with van der Waals surface area (Å²) < 4.78 is 0. The summed E-state index contributed by atoms with van der Waals surface area (Å²) in [4.78, 5) is 3.37. The fraction of sp³-hybridized carbons (Fsp3) is 0.304. The van der Waals surface area contributed by atoms with Crippen LogP contribution in [0.2, 0.25) is 0 Å². The highest BCUT2D eigenvalue weighted by Crippen LogP contribution is 2.26. The molecule has 0 bridgehead atoms. The SMILES string of the molecule is C1=C(c2ccccc2)CC(CCCSCc2c[nH]c3ccccc23)NC1. The van der Waals surface area contributed by atoms with Crippen molar-refractivity contribution in [3.63, 3.8) is 0 Å². The summed E-state index contributed by atoms with van der Waals surface area (Å²) in [6, 6.07) is 20.0. The number of para-hydroxylation sites is 1. The van der Waals surface area contributed by atoms with E-state index < -0.39 is 0 Å². The molecule has 4 rings (SSSR count). The molecule has 2 nitrogen and oxygen atoms in total. The quantitative estimate of drug-likeness (QED) is 0.533. The van der Waals surface area contributed by atoms with Gasteiger partial charge in [0.25, 0.3) is 0 Å². The molecule has 1 aromatic heterocycles. The Morgan fingerprint density at radius 2 is 1.85 bits per heavy atom. The fourth-order valence-corrected chi connectivity index (χ4v) is 4.70. The third-order valence-corrected chi connectivity index (χ3v) is 6.23. The van der Waals surface area contributed by atoms with Gasteiger partial charge in [0.1, 0.15) is 0 Å². The van der Waals surface area contributed by atoms with Crippen LogP contribution in [0.5, 0.6) is 0 Å². The van der Waals surface area contributed by atoms with Crippen molar-refractivity contribution >= 4 is 28.2 Å². The standard InChI is InChI=1S/C23H26N2S/c1-2-7-18(8-3-1)19-12-13-24-21(15-19)9-6-14-26-17-20-16-25-23-11-5-4-10-22(20)23/h1-5,7-8,10-12,16,21,24-25H,6,9,13-15,17H2. The average Bonchev–Trinajstić information content (AvgIpc) is 3.12. The number of benzene rings is 2. The highest BCUT2D eigenvalue weighted by atomic mass is 32.2. The molecule has 26 heavy (non-hydrogen) atoms. The first-order chi connectivity index (χ1) is 12.9. The Morgan fingerprint density at radius 3 is 2.77 bits per heavy atom. The molecule has 0 radical (unpaired) electrons. The maximum atomic E-state index is 3.66. The largest absolute Gasteiger partial charge is 0.361 e. The lowest BCUT2D eigenvalue weighted by molar-refractivity contribution is 0.497. The van der Waals surface area contributed by atoms with Crippen molar-refractivity contribution in [1.29, 1.82) is 0 Å². The maximum Gasteiger partial charge on any atom is 0.0457 e. The fourth-order valence-electron chi connectivity index (χ4n) is 3.73. The third kappa shape index (κ3) is 4.22. The first kappa shape index (κ1) is 17.4. The topological polar surface area (TPSA) is 27.8 Å². The smallest absolute Gasteiger partial charge is 0.0457 e. The first-order valence-corrected chi connectivity index (χ1v) is 10.7. The van der Waals surface area contributed by atoms with E-state index in [0.29, 0.717) is 6.04 Å². The Hall–Kier alpha value is -1.97. The number of hydrogen-bond acceptors (Lipinski definition) is 2. The lowest BCUT2D eigenvalue weighted by Crippen LogP contribution is -2.32. The van der Waals surface area contributed by atoms with Gasteiger partial charge in [-0.25, -0.2) is 0 Å². The summed E-state index contributed by atoms with van der Waals surface area (Å²) >= 11 is 2.05. The average molecular weight is 363 g/mol. The van der Waals surface area contributed by atoms with Gasteiger partial charge in [-0.2, -0.15) is 11.8 Å². The molecule has 2 heterocycles. The number of nitrogens with one attached hydrogen (secondary N) is 2. The molecule has 0 saturated carbocycles. The van der Waals surface area contributed by atoms with Gasteiger partial charge in [0.2, 0.25) is 0 Å². The highest BCUT2D eigenvalue weighted by Gasteiger charge is 2.15. The van der Waals surface area contributed by atoms with Crippen molar-refractivity contribution in [2.75, 3.05) is 12.3 Å².